The zero-order valence-corrected chi connectivity index (χ0v) is 19.4. The maximum atomic E-state index is 13.0. The molecule has 0 saturated carbocycles. The lowest BCUT2D eigenvalue weighted by molar-refractivity contribution is -0.142. The van der Waals surface area contributed by atoms with E-state index in [1.54, 1.807) is 25.1 Å². The lowest BCUT2D eigenvalue weighted by Crippen LogP contribution is -2.50. The van der Waals surface area contributed by atoms with Crippen LogP contribution < -0.4 is 10.1 Å². The summed E-state index contributed by atoms with van der Waals surface area (Å²) in [5, 5.41) is 3.50. The predicted molar refractivity (Wildman–Crippen MR) is 119 cm³/mol. The van der Waals surface area contributed by atoms with Crippen molar-refractivity contribution in [2.75, 3.05) is 6.61 Å². The van der Waals surface area contributed by atoms with Crippen LogP contribution in [0.25, 0.3) is 0 Å². The summed E-state index contributed by atoms with van der Waals surface area (Å²) in [5.41, 5.74) is 1.78. The molecule has 156 valence electrons. The van der Waals surface area contributed by atoms with E-state index >= 15 is 0 Å². The van der Waals surface area contributed by atoms with Gasteiger partial charge in [0.1, 0.15) is 11.8 Å². The van der Waals surface area contributed by atoms with E-state index in [4.69, 9.17) is 16.3 Å². The molecule has 0 radical (unpaired) electrons. The first kappa shape index (κ1) is 23.2. The first-order valence-corrected chi connectivity index (χ1v) is 10.6. The molecule has 0 heterocycles. The van der Waals surface area contributed by atoms with E-state index in [1.165, 1.54) is 4.90 Å². The molecular formula is C22H26BrClN2O3. The third kappa shape index (κ3) is 7.05. The number of hydrogen-bond donors (Lipinski definition) is 1. The molecule has 5 nitrogen and oxygen atoms in total. The van der Waals surface area contributed by atoms with Crippen LogP contribution in [-0.2, 0) is 16.1 Å². The summed E-state index contributed by atoms with van der Waals surface area (Å²) in [6, 6.07) is 12.2. The molecule has 2 aromatic rings. The van der Waals surface area contributed by atoms with Crippen molar-refractivity contribution in [3.05, 3.63) is 63.1 Å². The minimum atomic E-state index is -0.639. The highest BCUT2D eigenvalue weighted by Gasteiger charge is 2.27. The number of carbonyl (C=O) groups excluding carboxylic acids is 2. The Balaban J connectivity index is 2.16. The van der Waals surface area contributed by atoms with Gasteiger partial charge in [-0.2, -0.15) is 0 Å². The Morgan fingerprint density at radius 3 is 2.52 bits per heavy atom. The number of nitrogens with one attached hydrogen (secondary N) is 1. The van der Waals surface area contributed by atoms with Gasteiger partial charge in [-0.05, 0) is 69.2 Å². The number of nitrogens with zero attached hydrogens (tertiary/aromatic N) is 1. The van der Waals surface area contributed by atoms with E-state index in [1.807, 2.05) is 45.0 Å². The summed E-state index contributed by atoms with van der Waals surface area (Å²) in [7, 11) is 0. The number of amides is 2. The molecular weight excluding hydrogens is 456 g/mol. The molecule has 2 amide bonds. The maximum absolute atomic E-state index is 13.0. The van der Waals surface area contributed by atoms with Crippen LogP contribution in [0.4, 0.5) is 0 Å². The molecule has 0 saturated heterocycles. The van der Waals surface area contributed by atoms with Gasteiger partial charge in [-0.3, -0.25) is 9.59 Å². The van der Waals surface area contributed by atoms with E-state index in [9.17, 15) is 9.59 Å². The van der Waals surface area contributed by atoms with Gasteiger partial charge in [0.05, 0.1) is 0 Å². The lowest BCUT2D eigenvalue weighted by atomic mass is 10.1. The number of ether oxygens (including phenoxy) is 1. The number of aryl methyl sites for hydroxylation is 1. The Bertz CT molecular complexity index is 873. The van der Waals surface area contributed by atoms with E-state index in [0.717, 1.165) is 15.6 Å². The molecule has 2 rings (SSSR count). The van der Waals surface area contributed by atoms with Gasteiger partial charge in [-0.25, -0.2) is 0 Å². The van der Waals surface area contributed by atoms with Crippen LogP contribution in [0.15, 0.2) is 46.9 Å². The normalized spacial score (nSPS) is 11.8. The number of halogens is 2. The van der Waals surface area contributed by atoms with Crippen LogP contribution in [0, 0.1) is 6.92 Å². The fourth-order valence-corrected chi connectivity index (χ4v) is 3.32. The van der Waals surface area contributed by atoms with Crippen molar-refractivity contribution in [1.82, 2.24) is 10.2 Å². The Morgan fingerprint density at radius 1 is 1.17 bits per heavy atom. The van der Waals surface area contributed by atoms with Gasteiger partial charge in [0.25, 0.3) is 5.91 Å². The first-order valence-electron chi connectivity index (χ1n) is 9.40. The zero-order valence-electron chi connectivity index (χ0n) is 17.0. The smallest absolute Gasteiger partial charge is 0.261 e. The van der Waals surface area contributed by atoms with E-state index < -0.39 is 6.04 Å². The quantitative estimate of drug-likeness (QED) is 0.593. The van der Waals surface area contributed by atoms with Crippen molar-refractivity contribution in [3.8, 4) is 5.75 Å². The number of carbonyl (C=O) groups is 2. The molecule has 0 aliphatic rings. The second-order valence-electron chi connectivity index (χ2n) is 7.19. The van der Waals surface area contributed by atoms with Gasteiger partial charge in [0.2, 0.25) is 5.91 Å². The van der Waals surface area contributed by atoms with Crippen LogP contribution in [0.1, 0.15) is 31.9 Å². The number of benzene rings is 2. The second-order valence-corrected chi connectivity index (χ2v) is 8.51. The summed E-state index contributed by atoms with van der Waals surface area (Å²) < 4.78 is 6.58. The van der Waals surface area contributed by atoms with Gasteiger partial charge >= 0.3 is 0 Å². The monoisotopic (exact) mass is 480 g/mol. The zero-order chi connectivity index (χ0) is 21.6. The lowest BCUT2D eigenvalue weighted by Gasteiger charge is -2.29. The van der Waals surface area contributed by atoms with E-state index in [-0.39, 0.29) is 24.5 Å². The van der Waals surface area contributed by atoms with Crippen molar-refractivity contribution in [1.29, 1.82) is 0 Å². The topological polar surface area (TPSA) is 58.6 Å². The molecule has 1 N–H and O–H groups in total. The molecule has 0 aromatic heterocycles. The van der Waals surface area contributed by atoms with Crippen LogP contribution in [0.3, 0.4) is 0 Å². The Hall–Kier alpha value is -2.05. The fourth-order valence-electron chi connectivity index (χ4n) is 2.75. The standard InChI is InChI=1S/C22H26BrClN2O3/c1-14(2)25-22(28)16(4)26(12-17-6-5-7-18(23)11-17)21(27)13-29-19-8-9-20(24)15(3)10-19/h5-11,14,16H,12-13H2,1-4H3,(H,25,28)/t16-/m0/s1. The summed E-state index contributed by atoms with van der Waals surface area (Å²) in [4.78, 5) is 27.0. The van der Waals surface area contributed by atoms with Crippen LogP contribution in [-0.4, -0.2) is 35.4 Å². The average molecular weight is 482 g/mol. The molecule has 2 aromatic carbocycles. The predicted octanol–water partition coefficient (Wildman–Crippen LogP) is 4.73. The molecule has 7 heteroatoms. The maximum Gasteiger partial charge on any atom is 0.261 e. The van der Waals surface area contributed by atoms with Crippen LogP contribution >= 0.6 is 27.5 Å². The van der Waals surface area contributed by atoms with Crippen molar-refractivity contribution in [2.24, 2.45) is 0 Å². The fraction of sp³-hybridized carbons (Fsp3) is 0.364. The molecule has 0 aliphatic heterocycles. The third-order valence-electron chi connectivity index (χ3n) is 4.33. The molecule has 0 spiro atoms. The molecule has 1 atom stereocenters. The molecule has 0 aliphatic carbocycles. The van der Waals surface area contributed by atoms with Crippen molar-refractivity contribution in [2.45, 2.75) is 46.3 Å². The van der Waals surface area contributed by atoms with E-state index in [2.05, 4.69) is 21.2 Å². The largest absolute Gasteiger partial charge is 0.484 e. The van der Waals surface area contributed by atoms with Crippen LogP contribution in [0.2, 0.25) is 5.02 Å². The minimum Gasteiger partial charge on any atom is -0.484 e. The molecule has 29 heavy (non-hydrogen) atoms. The average Bonchev–Trinajstić information content (AvgIpc) is 2.65. The van der Waals surface area contributed by atoms with Gasteiger partial charge in [0, 0.05) is 22.1 Å². The third-order valence-corrected chi connectivity index (χ3v) is 5.25. The van der Waals surface area contributed by atoms with Crippen molar-refractivity contribution < 1.29 is 14.3 Å². The summed E-state index contributed by atoms with van der Waals surface area (Å²) in [6.07, 6.45) is 0. The van der Waals surface area contributed by atoms with Gasteiger partial charge in [-0.15, -0.1) is 0 Å². The molecule has 0 unspecified atom stereocenters. The first-order chi connectivity index (χ1) is 13.7. The highest BCUT2D eigenvalue weighted by Crippen LogP contribution is 2.21. The van der Waals surface area contributed by atoms with E-state index in [0.29, 0.717) is 17.3 Å². The summed E-state index contributed by atoms with van der Waals surface area (Å²) in [5.74, 6) is 0.0802. The Labute approximate surface area is 185 Å². The highest BCUT2D eigenvalue weighted by molar-refractivity contribution is 9.10. The van der Waals surface area contributed by atoms with Crippen LogP contribution in [0.5, 0.6) is 5.75 Å². The summed E-state index contributed by atoms with van der Waals surface area (Å²) in [6.45, 7) is 7.49. The minimum absolute atomic E-state index is 0.0129. The second kappa shape index (κ2) is 10.6. The number of rotatable bonds is 8. The SMILES string of the molecule is Cc1cc(OCC(=O)N(Cc2cccc(Br)c2)[C@@H](C)C(=O)NC(C)C)ccc1Cl. The van der Waals surface area contributed by atoms with Crippen molar-refractivity contribution in [3.63, 3.8) is 0 Å². The Morgan fingerprint density at radius 2 is 1.90 bits per heavy atom. The summed E-state index contributed by atoms with van der Waals surface area (Å²) >= 11 is 9.48. The molecule has 0 fully saturated rings. The Kier molecular flexibility index (Phi) is 8.53. The highest BCUT2D eigenvalue weighted by atomic mass is 79.9. The van der Waals surface area contributed by atoms with Gasteiger partial charge in [0.15, 0.2) is 6.61 Å². The molecule has 0 bridgehead atoms. The van der Waals surface area contributed by atoms with Gasteiger partial charge < -0.3 is 15.0 Å². The van der Waals surface area contributed by atoms with Crippen molar-refractivity contribution >= 4 is 39.3 Å². The number of hydrogen-bond acceptors (Lipinski definition) is 3. The van der Waals surface area contributed by atoms with Gasteiger partial charge in [-0.1, -0.05) is 39.7 Å².